The first kappa shape index (κ1) is 41.0. The standard InChI is InChI=1S/C40H82O/c1-5-9-13-17-21-25-29-33-37-40(36-32-28-24-20-16-12-8-4,38-34-30-26-22-18-14-10-6-2)41-39-35-31-27-23-19-15-11-7-3/h5-39H2,1-4H3. The van der Waals surface area contributed by atoms with Crippen molar-refractivity contribution in [3.05, 3.63) is 0 Å². The van der Waals surface area contributed by atoms with Gasteiger partial charge in [-0.1, -0.05) is 220 Å². The van der Waals surface area contributed by atoms with E-state index in [0.29, 0.717) is 0 Å². The van der Waals surface area contributed by atoms with Crippen molar-refractivity contribution in [3.63, 3.8) is 0 Å². The molecule has 0 spiro atoms. The van der Waals surface area contributed by atoms with Gasteiger partial charge >= 0.3 is 0 Å². The van der Waals surface area contributed by atoms with E-state index in [1.807, 2.05) is 0 Å². The molecule has 0 heterocycles. The fourth-order valence-electron chi connectivity index (χ4n) is 6.68. The van der Waals surface area contributed by atoms with Gasteiger partial charge in [-0.2, -0.15) is 0 Å². The molecule has 0 saturated heterocycles. The van der Waals surface area contributed by atoms with Crippen molar-refractivity contribution in [1.82, 2.24) is 0 Å². The van der Waals surface area contributed by atoms with Crippen LogP contribution in [0, 0.1) is 0 Å². The van der Waals surface area contributed by atoms with Crippen molar-refractivity contribution in [3.8, 4) is 0 Å². The van der Waals surface area contributed by atoms with Crippen molar-refractivity contribution in [1.29, 1.82) is 0 Å². The van der Waals surface area contributed by atoms with Crippen LogP contribution in [0.2, 0.25) is 0 Å². The molecular formula is C40H82O. The Morgan fingerprint density at radius 3 is 0.756 bits per heavy atom. The molecule has 0 aromatic heterocycles. The number of rotatable bonds is 36. The van der Waals surface area contributed by atoms with Gasteiger partial charge in [0, 0.05) is 6.61 Å². The molecule has 1 nitrogen and oxygen atoms in total. The summed E-state index contributed by atoms with van der Waals surface area (Å²) < 4.78 is 7.04. The molecule has 0 fully saturated rings. The predicted molar refractivity (Wildman–Crippen MR) is 188 cm³/mol. The SMILES string of the molecule is CCCCCCCCCCOC(CCCCCCCCC)(CCCCCCCCCC)CCCCCCCCCC. The minimum absolute atomic E-state index is 0.176. The molecule has 0 atom stereocenters. The van der Waals surface area contributed by atoms with Gasteiger partial charge in [0.1, 0.15) is 0 Å². The van der Waals surface area contributed by atoms with Gasteiger partial charge in [-0.3, -0.25) is 0 Å². The monoisotopic (exact) mass is 579 g/mol. The van der Waals surface area contributed by atoms with Gasteiger partial charge in [0.25, 0.3) is 0 Å². The van der Waals surface area contributed by atoms with Crippen LogP contribution < -0.4 is 0 Å². The highest BCUT2D eigenvalue weighted by Gasteiger charge is 2.29. The van der Waals surface area contributed by atoms with E-state index in [1.54, 1.807) is 0 Å². The smallest absolute Gasteiger partial charge is 0.0682 e. The molecule has 41 heavy (non-hydrogen) atoms. The Kier molecular flexibility index (Phi) is 34.4. The Balaban J connectivity index is 4.80. The van der Waals surface area contributed by atoms with Crippen LogP contribution in [0.15, 0.2) is 0 Å². The fraction of sp³-hybridized carbons (Fsp3) is 1.00. The average Bonchev–Trinajstić information content (AvgIpc) is 2.98. The third-order valence-electron chi connectivity index (χ3n) is 9.61. The van der Waals surface area contributed by atoms with Crippen LogP contribution in [0.5, 0.6) is 0 Å². The van der Waals surface area contributed by atoms with Crippen LogP contribution >= 0.6 is 0 Å². The highest BCUT2D eigenvalue weighted by Crippen LogP contribution is 2.33. The molecule has 0 aromatic rings. The van der Waals surface area contributed by atoms with Crippen LogP contribution in [-0.4, -0.2) is 12.2 Å². The molecule has 0 bridgehead atoms. The molecule has 0 aliphatic carbocycles. The zero-order valence-corrected chi connectivity index (χ0v) is 29.7. The Bertz CT molecular complexity index is 438. The molecular weight excluding hydrogens is 496 g/mol. The van der Waals surface area contributed by atoms with Crippen molar-refractivity contribution in [2.75, 3.05) is 6.61 Å². The molecule has 0 unspecified atom stereocenters. The van der Waals surface area contributed by atoms with Crippen molar-refractivity contribution in [2.24, 2.45) is 0 Å². The molecule has 0 radical (unpaired) electrons. The van der Waals surface area contributed by atoms with E-state index in [4.69, 9.17) is 4.74 Å². The highest BCUT2D eigenvalue weighted by atomic mass is 16.5. The van der Waals surface area contributed by atoms with Gasteiger partial charge < -0.3 is 4.74 Å². The largest absolute Gasteiger partial charge is 0.375 e. The van der Waals surface area contributed by atoms with Crippen LogP contribution in [-0.2, 0) is 4.74 Å². The average molecular weight is 579 g/mol. The number of hydrogen-bond donors (Lipinski definition) is 0. The predicted octanol–water partition coefficient (Wildman–Crippen LogP) is 15.1. The van der Waals surface area contributed by atoms with Crippen LogP contribution in [0.25, 0.3) is 0 Å². The summed E-state index contributed by atoms with van der Waals surface area (Å²) in [4.78, 5) is 0. The lowest BCUT2D eigenvalue weighted by Gasteiger charge is -2.35. The summed E-state index contributed by atoms with van der Waals surface area (Å²) in [6.07, 6.45) is 47.7. The van der Waals surface area contributed by atoms with Crippen molar-refractivity contribution in [2.45, 2.75) is 252 Å². The van der Waals surface area contributed by atoms with E-state index in [-0.39, 0.29) is 5.60 Å². The summed E-state index contributed by atoms with van der Waals surface area (Å²) >= 11 is 0. The molecule has 1 heteroatoms. The maximum atomic E-state index is 7.04. The quantitative estimate of drug-likeness (QED) is 0.0672. The molecule has 0 saturated carbocycles. The fourth-order valence-corrected chi connectivity index (χ4v) is 6.68. The van der Waals surface area contributed by atoms with Crippen LogP contribution in [0.3, 0.4) is 0 Å². The van der Waals surface area contributed by atoms with Crippen LogP contribution in [0.1, 0.15) is 246 Å². The molecule has 0 aromatic carbocycles. The topological polar surface area (TPSA) is 9.23 Å². The summed E-state index contributed by atoms with van der Waals surface area (Å²) in [5.41, 5.74) is 0.176. The molecule has 248 valence electrons. The zero-order chi connectivity index (χ0) is 30.0. The number of hydrogen-bond acceptors (Lipinski definition) is 1. The molecule has 0 N–H and O–H groups in total. The molecule has 0 rings (SSSR count). The van der Waals surface area contributed by atoms with Crippen molar-refractivity contribution >= 4 is 0 Å². The highest BCUT2D eigenvalue weighted by molar-refractivity contribution is 4.82. The van der Waals surface area contributed by atoms with E-state index < -0.39 is 0 Å². The lowest BCUT2D eigenvalue weighted by atomic mass is 9.84. The Morgan fingerprint density at radius 2 is 0.488 bits per heavy atom. The van der Waals surface area contributed by atoms with E-state index in [2.05, 4.69) is 27.7 Å². The molecule has 0 amide bonds. The maximum absolute atomic E-state index is 7.04. The lowest BCUT2D eigenvalue weighted by Crippen LogP contribution is -2.33. The maximum Gasteiger partial charge on any atom is 0.0682 e. The number of ether oxygens (including phenoxy) is 1. The Hall–Kier alpha value is -0.0400. The van der Waals surface area contributed by atoms with E-state index in [9.17, 15) is 0 Å². The van der Waals surface area contributed by atoms with Gasteiger partial charge in [0.2, 0.25) is 0 Å². The van der Waals surface area contributed by atoms with Crippen molar-refractivity contribution < 1.29 is 4.74 Å². The van der Waals surface area contributed by atoms with Gasteiger partial charge in [0.05, 0.1) is 5.60 Å². The van der Waals surface area contributed by atoms with E-state index in [0.717, 1.165) is 6.61 Å². The van der Waals surface area contributed by atoms with E-state index >= 15 is 0 Å². The van der Waals surface area contributed by atoms with E-state index in [1.165, 1.54) is 218 Å². The minimum atomic E-state index is 0.176. The third kappa shape index (κ3) is 29.8. The minimum Gasteiger partial charge on any atom is -0.375 e. The summed E-state index contributed by atoms with van der Waals surface area (Å²) in [5, 5.41) is 0. The first-order chi connectivity index (χ1) is 20.2. The third-order valence-corrected chi connectivity index (χ3v) is 9.61. The zero-order valence-electron chi connectivity index (χ0n) is 29.7. The second kappa shape index (κ2) is 34.5. The van der Waals surface area contributed by atoms with Gasteiger partial charge in [-0.25, -0.2) is 0 Å². The second-order valence-corrected chi connectivity index (χ2v) is 13.8. The second-order valence-electron chi connectivity index (χ2n) is 13.8. The first-order valence-corrected chi connectivity index (χ1v) is 19.9. The molecule has 0 aliphatic heterocycles. The normalized spacial score (nSPS) is 12.0. The van der Waals surface area contributed by atoms with Gasteiger partial charge in [-0.15, -0.1) is 0 Å². The first-order valence-electron chi connectivity index (χ1n) is 19.9. The van der Waals surface area contributed by atoms with Crippen LogP contribution in [0.4, 0.5) is 0 Å². The lowest BCUT2D eigenvalue weighted by molar-refractivity contribution is -0.0694. The number of unbranched alkanes of at least 4 members (excludes halogenated alkanes) is 27. The summed E-state index contributed by atoms with van der Waals surface area (Å²) in [7, 11) is 0. The Labute approximate surface area is 262 Å². The Morgan fingerprint density at radius 1 is 0.268 bits per heavy atom. The van der Waals surface area contributed by atoms with Gasteiger partial charge in [0.15, 0.2) is 0 Å². The summed E-state index contributed by atoms with van der Waals surface area (Å²) in [6.45, 7) is 10.3. The van der Waals surface area contributed by atoms with Gasteiger partial charge in [-0.05, 0) is 25.7 Å². The molecule has 0 aliphatic rings. The summed E-state index contributed by atoms with van der Waals surface area (Å²) in [6, 6.07) is 0. The summed E-state index contributed by atoms with van der Waals surface area (Å²) in [5.74, 6) is 0.